The Bertz CT molecular complexity index is 738. The van der Waals surface area contributed by atoms with Crippen molar-refractivity contribution in [1.29, 1.82) is 0 Å². The Hall–Kier alpha value is -1.64. The number of aryl methyl sites for hydroxylation is 1. The van der Waals surface area contributed by atoms with Gasteiger partial charge >= 0.3 is 0 Å². The van der Waals surface area contributed by atoms with Crippen molar-refractivity contribution < 1.29 is 8.42 Å². The Morgan fingerprint density at radius 2 is 2.10 bits per heavy atom. The molecule has 0 unspecified atom stereocenters. The van der Waals surface area contributed by atoms with Crippen LogP contribution in [0.2, 0.25) is 0 Å². The summed E-state index contributed by atoms with van der Waals surface area (Å²) >= 11 is 1.57. The third-order valence-corrected chi connectivity index (χ3v) is 5.83. The van der Waals surface area contributed by atoms with E-state index in [1.54, 1.807) is 29.0 Å². The zero-order chi connectivity index (χ0) is 15.6. The van der Waals surface area contributed by atoms with Crippen molar-refractivity contribution in [2.75, 3.05) is 25.1 Å². The maximum absolute atomic E-state index is 12.0. The summed E-state index contributed by atoms with van der Waals surface area (Å²) in [6.45, 7) is 2.56. The van der Waals surface area contributed by atoms with Crippen LogP contribution >= 0.6 is 11.3 Å². The van der Waals surface area contributed by atoms with Gasteiger partial charge in [-0.15, -0.1) is 11.3 Å². The highest BCUT2D eigenvalue weighted by atomic mass is 32.2. The van der Waals surface area contributed by atoms with Crippen LogP contribution in [0.4, 0.5) is 11.4 Å². The van der Waals surface area contributed by atoms with E-state index >= 15 is 0 Å². The molecule has 0 aliphatic heterocycles. The minimum Gasteiger partial charge on any atom is -0.397 e. The largest absolute Gasteiger partial charge is 0.397 e. The van der Waals surface area contributed by atoms with Gasteiger partial charge in [0.1, 0.15) is 0 Å². The summed E-state index contributed by atoms with van der Waals surface area (Å²) in [5.41, 5.74) is 9.83. The van der Waals surface area contributed by atoms with Gasteiger partial charge in [0.25, 0.3) is 0 Å². The van der Waals surface area contributed by atoms with Gasteiger partial charge in [-0.1, -0.05) is 0 Å². The zero-order valence-corrected chi connectivity index (χ0v) is 13.8. The molecule has 0 saturated heterocycles. The minimum absolute atomic E-state index is 0.185. The molecule has 114 valence electrons. The monoisotopic (exact) mass is 326 g/mol. The van der Waals surface area contributed by atoms with Gasteiger partial charge in [0.2, 0.25) is 10.0 Å². The van der Waals surface area contributed by atoms with Crippen molar-refractivity contribution in [3.05, 3.63) is 34.3 Å². The lowest BCUT2D eigenvalue weighted by atomic mass is 10.2. The third kappa shape index (κ3) is 3.34. The van der Waals surface area contributed by atoms with E-state index in [9.17, 15) is 8.42 Å². The lowest BCUT2D eigenvalue weighted by molar-refractivity contribution is 0.521. The number of thiazole rings is 1. The molecule has 1 aromatic heterocycles. The van der Waals surface area contributed by atoms with Crippen molar-refractivity contribution in [2.24, 2.45) is 0 Å². The second-order valence-corrected chi connectivity index (χ2v) is 7.84. The maximum Gasteiger partial charge on any atom is 0.242 e. The van der Waals surface area contributed by atoms with Gasteiger partial charge in [0, 0.05) is 19.0 Å². The number of anilines is 2. The van der Waals surface area contributed by atoms with Crippen LogP contribution in [0.5, 0.6) is 0 Å². The van der Waals surface area contributed by atoms with E-state index in [4.69, 9.17) is 5.73 Å². The molecule has 3 N–H and O–H groups in total. The Morgan fingerprint density at radius 1 is 1.38 bits per heavy atom. The van der Waals surface area contributed by atoms with Crippen molar-refractivity contribution in [3.8, 4) is 0 Å². The van der Waals surface area contributed by atoms with Crippen LogP contribution in [-0.2, 0) is 16.6 Å². The normalized spacial score (nSPS) is 11.8. The molecule has 0 radical (unpaired) electrons. The number of nitrogens with zero attached hydrogens (tertiary/aromatic N) is 2. The van der Waals surface area contributed by atoms with Gasteiger partial charge in [-0.05, 0) is 25.1 Å². The fourth-order valence-corrected chi connectivity index (χ4v) is 3.40. The van der Waals surface area contributed by atoms with E-state index in [0.29, 0.717) is 17.9 Å². The van der Waals surface area contributed by atoms with Gasteiger partial charge in [-0.2, -0.15) is 0 Å². The number of nitrogen functional groups attached to an aromatic ring is 1. The smallest absolute Gasteiger partial charge is 0.242 e. The molecule has 0 aliphatic carbocycles. The van der Waals surface area contributed by atoms with Crippen LogP contribution < -0.4 is 11.1 Å². The lowest BCUT2D eigenvalue weighted by Gasteiger charge is -2.14. The molecule has 1 heterocycles. The molecule has 8 heteroatoms. The van der Waals surface area contributed by atoms with Crippen LogP contribution in [0, 0.1) is 6.92 Å². The number of hydrogen-bond donors (Lipinski definition) is 2. The van der Waals surface area contributed by atoms with Crippen molar-refractivity contribution >= 4 is 32.7 Å². The first-order valence-electron chi connectivity index (χ1n) is 6.27. The average Bonchev–Trinajstić information content (AvgIpc) is 2.82. The molecule has 1 aromatic carbocycles. The first kappa shape index (κ1) is 15.7. The van der Waals surface area contributed by atoms with E-state index in [-0.39, 0.29) is 4.90 Å². The molecule has 0 bridgehead atoms. The van der Waals surface area contributed by atoms with Crippen molar-refractivity contribution in [2.45, 2.75) is 18.4 Å². The number of aromatic nitrogens is 1. The lowest BCUT2D eigenvalue weighted by Crippen LogP contribution is -2.22. The standard InChI is InChI=1S/C13H18N4O2S2/c1-9-13(20-8-16-9)7-15-12-5-4-10(6-11(12)14)21(18,19)17(2)3/h4-6,8,15H,7,14H2,1-3H3. The van der Waals surface area contributed by atoms with E-state index in [1.165, 1.54) is 20.2 Å². The summed E-state index contributed by atoms with van der Waals surface area (Å²) in [5, 5.41) is 3.20. The van der Waals surface area contributed by atoms with Gasteiger partial charge < -0.3 is 11.1 Å². The van der Waals surface area contributed by atoms with Gasteiger partial charge in [-0.3, -0.25) is 0 Å². The molecule has 0 amide bonds. The van der Waals surface area contributed by atoms with E-state index < -0.39 is 10.0 Å². The number of nitrogens with one attached hydrogen (secondary N) is 1. The third-order valence-electron chi connectivity index (χ3n) is 3.09. The Kier molecular flexibility index (Phi) is 4.50. The van der Waals surface area contributed by atoms with E-state index in [1.807, 2.05) is 6.92 Å². The number of benzene rings is 1. The topological polar surface area (TPSA) is 88.3 Å². The number of hydrogen-bond acceptors (Lipinski definition) is 6. The van der Waals surface area contributed by atoms with Crippen LogP contribution in [0.1, 0.15) is 10.6 Å². The number of rotatable bonds is 5. The molecular weight excluding hydrogens is 308 g/mol. The Balaban J connectivity index is 2.19. The predicted molar refractivity (Wildman–Crippen MR) is 85.9 cm³/mol. The summed E-state index contributed by atoms with van der Waals surface area (Å²) in [6, 6.07) is 4.70. The molecule has 2 aromatic rings. The predicted octanol–water partition coefficient (Wildman–Crippen LogP) is 1.90. The molecule has 21 heavy (non-hydrogen) atoms. The summed E-state index contributed by atoms with van der Waals surface area (Å²) in [4.78, 5) is 5.49. The quantitative estimate of drug-likeness (QED) is 0.819. The molecule has 0 spiro atoms. The first-order chi connectivity index (χ1) is 9.82. The molecular formula is C13H18N4O2S2. The zero-order valence-electron chi connectivity index (χ0n) is 12.1. The number of nitrogens with two attached hydrogens (primary N) is 1. The van der Waals surface area contributed by atoms with Gasteiger partial charge in [0.05, 0.1) is 34.0 Å². The number of sulfonamides is 1. The van der Waals surface area contributed by atoms with E-state index in [2.05, 4.69) is 10.3 Å². The highest BCUT2D eigenvalue weighted by Crippen LogP contribution is 2.25. The SMILES string of the molecule is Cc1ncsc1CNc1ccc(S(=O)(=O)N(C)C)cc1N. The summed E-state index contributed by atoms with van der Waals surface area (Å²) in [7, 11) is -0.483. The highest BCUT2D eigenvalue weighted by molar-refractivity contribution is 7.89. The Morgan fingerprint density at radius 3 is 2.62 bits per heavy atom. The fraction of sp³-hybridized carbons (Fsp3) is 0.308. The molecule has 6 nitrogen and oxygen atoms in total. The summed E-state index contributed by atoms with van der Waals surface area (Å²) in [6.07, 6.45) is 0. The van der Waals surface area contributed by atoms with Crippen molar-refractivity contribution in [1.82, 2.24) is 9.29 Å². The van der Waals surface area contributed by atoms with Crippen LogP contribution in [0.15, 0.2) is 28.6 Å². The molecule has 0 fully saturated rings. The van der Waals surface area contributed by atoms with E-state index in [0.717, 1.165) is 14.9 Å². The second-order valence-electron chi connectivity index (χ2n) is 4.75. The van der Waals surface area contributed by atoms with Crippen molar-refractivity contribution in [3.63, 3.8) is 0 Å². The summed E-state index contributed by atoms with van der Waals surface area (Å²) in [5.74, 6) is 0. The Labute approximate surface area is 128 Å². The summed E-state index contributed by atoms with van der Waals surface area (Å²) < 4.78 is 25.2. The fourth-order valence-electron chi connectivity index (χ4n) is 1.74. The van der Waals surface area contributed by atoms with Crippen LogP contribution in [0.25, 0.3) is 0 Å². The second kappa shape index (κ2) is 6.00. The highest BCUT2D eigenvalue weighted by Gasteiger charge is 2.18. The molecule has 0 atom stereocenters. The van der Waals surface area contributed by atoms with Crippen LogP contribution in [-0.4, -0.2) is 31.8 Å². The maximum atomic E-state index is 12.0. The van der Waals surface area contributed by atoms with Gasteiger partial charge in [-0.25, -0.2) is 17.7 Å². The average molecular weight is 326 g/mol. The van der Waals surface area contributed by atoms with Crippen LogP contribution in [0.3, 0.4) is 0 Å². The van der Waals surface area contributed by atoms with Gasteiger partial charge in [0.15, 0.2) is 0 Å². The molecule has 0 saturated carbocycles. The molecule has 0 aliphatic rings. The first-order valence-corrected chi connectivity index (χ1v) is 8.59. The minimum atomic E-state index is -3.46. The molecule has 2 rings (SSSR count).